The highest BCUT2D eigenvalue weighted by Crippen LogP contribution is 1.97. The van der Waals surface area contributed by atoms with Crippen LogP contribution < -0.4 is 0 Å². The Labute approximate surface area is 59.7 Å². The highest BCUT2D eigenvalue weighted by molar-refractivity contribution is 5.93. The Hall–Kier alpha value is -1.12. The average Bonchev–Trinajstić information content (AvgIpc) is 1.81. The molecule has 3 heteroatoms. The predicted octanol–water partition coefficient (Wildman–Crippen LogP) is 1.04. The fourth-order valence-corrected chi connectivity index (χ4v) is 0.489. The summed E-state index contributed by atoms with van der Waals surface area (Å²) in [6, 6.07) is 0. The van der Waals surface area contributed by atoms with Crippen LogP contribution in [0.25, 0.3) is 0 Å². The Balaban J connectivity index is 4.12. The van der Waals surface area contributed by atoms with Gasteiger partial charge in [0.15, 0.2) is 11.5 Å². The van der Waals surface area contributed by atoms with Crippen molar-refractivity contribution in [2.24, 2.45) is 0 Å². The molecule has 0 aromatic heterocycles. The van der Waals surface area contributed by atoms with E-state index in [0.717, 1.165) is 0 Å². The van der Waals surface area contributed by atoms with Crippen molar-refractivity contribution >= 4 is 11.8 Å². The van der Waals surface area contributed by atoms with Crippen LogP contribution in [0.2, 0.25) is 0 Å². The first-order chi connectivity index (χ1) is 4.57. The number of Topliss-reactive ketones (excluding diaryl/α,β-unsaturated/α-hetero) is 1. The van der Waals surface area contributed by atoms with E-state index in [1.54, 1.807) is 6.92 Å². The molecule has 0 saturated heterocycles. The Morgan fingerprint density at radius 1 is 1.30 bits per heavy atom. The smallest absolute Gasteiger partial charge is 0.308 e. The van der Waals surface area contributed by atoms with Crippen LogP contribution in [0.3, 0.4) is 0 Å². The van der Waals surface area contributed by atoms with E-state index < -0.39 is 5.97 Å². The highest BCUT2D eigenvalue weighted by Gasteiger charge is 2.04. The molecule has 0 N–H and O–H groups in total. The van der Waals surface area contributed by atoms with Crippen molar-refractivity contribution in [1.82, 2.24) is 0 Å². The Morgan fingerprint density at radius 2 is 1.80 bits per heavy atom. The summed E-state index contributed by atoms with van der Waals surface area (Å²) >= 11 is 0. The molecule has 0 aromatic rings. The summed E-state index contributed by atoms with van der Waals surface area (Å²) in [7, 11) is 0. The normalized spacial score (nSPS) is 10.9. The first-order valence-electron chi connectivity index (χ1n) is 2.93. The Bertz CT molecular complexity index is 179. The van der Waals surface area contributed by atoms with E-state index in [1.165, 1.54) is 19.9 Å². The summed E-state index contributed by atoms with van der Waals surface area (Å²) in [6.45, 7) is 4.24. The average molecular weight is 142 g/mol. The lowest BCUT2D eigenvalue weighted by atomic mass is 10.3. The molecule has 0 heterocycles. The molecule has 0 aliphatic carbocycles. The van der Waals surface area contributed by atoms with Crippen molar-refractivity contribution in [1.29, 1.82) is 0 Å². The van der Waals surface area contributed by atoms with Gasteiger partial charge in [-0.05, 0) is 13.0 Å². The SMILES string of the molecule is C/C=C(/OC(C)=O)C(C)=O. The fourth-order valence-electron chi connectivity index (χ4n) is 0.489. The van der Waals surface area contributed by atoms with Gasteiger partial charge in [-0.1, -0.05) is 0 Å². The van der Waals surface area contributed by atoms with Crippen molar-refractivity contribution < 1.29 is 14.3 Å². The van der Waals surface area contributed by atoms with Crippen LogP contribution in [0.15, 0.2) is 11.8 Å². The number of ketones is 1. The minimum Gasteiger partial charge on any atom is -0.423 e. The highest BCUT2D eigenvalue weighted by atomic mass is 16.5. The molecule has 0 amide bonds. The van der Waals surface area contributed by atoms with Crippen LogP contribution in [-0.2, 0) is 14.3 Å². The van der Waals surface area contributed by atoms with Gasteiger partial charge in [0, 0.05) is 13.8 Å². The second kappa shape index (κ2) is 3.82. The van der Waals surface area contributed by atoms with E-state index >= 15 is 0 Å². The van der Waals surface area contributed by atoms with E-state index in [9.17, 15) is 9.59 Å². The molecule has 0 unspecified atom stereocenters. The van der Waals surface area contributed by atoms with Crippen LogP contribution in [-0.4, -0.2) is 11.8 Å². The van der Waals surface area contributed by atoms with Crippen LogP contribution in [0.4, 0.5) is 0 Å². The molecule has 0 radical (unpaired) electrons. The number of hydrogen-bond donors (Lipinski definition) is 0. The zero-order valence-electron chi connectivity index (χ0n) is 6.30. The van der Waals surface area contributed by atoms with Gasteiger partial charge in [0.25, 0.3) is 0 Å². The van der Waals surface area contributed by atoms with Gasteiger partial charge < -0.3 is 4.74 Å². The Kier molecular flexibility index (Phi) is 3.39. The predicted molar refractivity (Wildman–Crippen MR) is 36.2 cm³/mol. The summed E-state index contributed by atoms with van der Waals surface area (Å²) < 4.78 is 4.53. The quantitative estimate of drug-likeness (QED) is 0.328. The fraction of sp³-hybridized carbons (Fsp3) is 0.429. The monoisotopic (exact) mass is 142 g/mol. The maximum Gasteiger partial charge on any atom is 0.308 e. The largest absolute Gasteiger partial charge is 0.423 e. The maximum absolute atomic E-state index is 10.6. The molecule has 0 aromatic carbocycles. The third-order valence-electron chi connectivity index (χ3n) is 0.863. The van der Waals surface area contributed by atoms with Crippen molar-refractivity contribution in [2.45, 2.75) is 20.8 Å². The van der Waals surface area contributed by atoms with Crippen LogP contribution in [0.1, 0.15) is 20.8 Å². The van der Waals surface area contributed by atoms with E-state index in [4.69, 9.17) is 0 Å². The van der Waals surface area contributed by atoms with Crippen molar-refractivity contribution in [2.75, 3.05) is 0 Å². The maximum atomic E-state index is 10.6. The van der Waals surface area contributed by atoms with E-state index in [0.29, 0.717) is 0 Å². The molecule has 56 valence electrons. The molecular weight excluding hydrogens is 132 g/mol. The summed E-state index contributed by atoms with van der Waals surface area (Å²) in [5, 5.41) is 0. The number of ether oxygens (including phenoxy) is 1. The molecule has 0 spiro atoms. The standard InChI is InChI=1S/C7H10O3/c1-4-7(5(2)8)10-6(3)9/h4H,1-3H3/b7-4+. The van der Waals surface area contributed by atoms with Crippen molar-refractivity contribution in [3.05, 3.63) is 11.8 Å². The van der Waals surface area contributed by atoms with Gasteiger partial charge in [0.2, 0.25) is 0 Å². The summed E-state index contributed by atoms with van der Waals surface area (Å²) in [6.07, 6.45) is 1.46. The summed E-state index contributed by atoms with van der Waals surface area (Å²) in [5.41, 5.74) is 0. The molecule has 0 atom stereocenters. The second-order valence-corrected chi connectivity index (χ2v) is 1.80. The molecule has 10 heavy (non-hydrogen) atoms. The zero-order valence-corrected chi connectivity index (χ0v) is 6.30. The van der Waals surface area contributed by atoms with Crippen molar-refractivity contribution in [3.63, 3.8) is 0 Å². The van der Waals surface area contributed by atoms with Gasteiger partial charge in [-0.15, -0.1) is 0 Å². The van der Waals surface area contributed by atoms with E-state index in [2.05, 4.69) is 4.74 Å². The van der Waals surface area contributed by atoms with Crippen LogP contribution in [0, 0.1) is 0 Å². The van der Waals surface area contributed by atoms with Gasteiger partial charge in [0.1, 0.15) is 0 Å². The van der Waals surface area contributed by atoms with Gasteiger partial charge >= 0.3 is 5.97 Å². The zero-order chi connectivity index (χ0) is 8.15. The van der Waals surface area contributed by atoms with E-state index in [-0.39, 0.29) is 11.5 Å². The minimum atomic E-state index is -0.469. The summed E-state index contributed by atoms with van der Waals surface area (Å²) in [4.78, 5) is 20.9. The molecule has 3 nitrogen and oxygen atoms in total. The van der Waals surface area contributed by atoms with Crippen LogP contribution >= 0.6 is 0 Å². The number of carbonyl (C=O) groups is 2. The molecule has 0 bridgehead atoms. The first kappa shape index (κ1) is 8.88. The number of carbonyl (C=O) groups excluding carboxylic acids is 2. The van der Waals surface area contributed by atoms with Crippen LogP contribution in [0.5, 0.6) is 0 Å². The van der Waals surface area contributed by atoms with Gasteiger partial charge in [-0.25, -0.2) is 0 Å². The number of rotatable bonds is 2. The third kappa shape index (κ3) is 3.02. The second-order valence-electron chi connectivity index (χ2n) is 1.80. The lowest BCUT2D eigenvalue weighted by Crippen LogP contribution is -2.05. The van der Waals surface area contributed by atoms with Gasteiger partial charge in [-0.2, -0.15) is 0 Å². The number of esters is 1. The third-order valence-corrected chi connectivity index (χ3v) is 0.863. The number of hydrogen-bond acceptors (Lipinski definition) is 3. The summed E-state index contributed by atoms with van der Waals surface area (Å²) in [5.74, 6) is -0.603. The molecule has 0 saturated carbocycles. The van der Waals surface area contributed by atoms with Gasteiger partial charge in [0.05, 0.1) is 0 Å². The van der Waals surface area contributed by atoms with Gasteiger partial charge in [-0.3, -0.25) is 9.59 Å². The topological polar surface area (TPSA) is 43.4 Å². The molecule has 0 fully saturated rings. The molecule has 0 aliphatic rings. The number of allylic oxidation sites excluding steroid dienone is 2. The van der Waals surface area contributed by atoms with E-state index in [1.807, 2.05) is 0 Å². The van der Waals surface area contributed by atoms with Crippen molar-refractivity contribution in [3.8, 4) is 0 Å². The molecule has 0 rings (SSSR count). The molecular formula is C7H10O3. The minimum absolute atomic E-state index is 0.104. The first-order valence-corrected chi connectivity index (χ1v) is 2.93. The Morgan fingerprint density at radius 3 is 1.90 bits per heavy atom. The lowest BCUT2D eigenvalue weighted by molar-refractivity contribution is -0.139. The lowest BCUT2D eigenvalue weighted by Gasteiger charge is -1.99. The molecule has 0 aliphatic heterocycles.